The summed E-state index contributed by atoms with van der Waals surface area (Å²) in [5, 5.41) is 0. The maximum absolute atomic E-state index is 4.40. The van der Waals surface area contributed by atoms with Gasteiger partial charge in [0.15, 0.2) is 0 Å². The van der Waals surface area contributed by atoms with Crippen molar-refractivity contribution in [3.05, 3.63) is 270 Å². The van der Waals surface area contributed by atoms with Crippen LogP contribution in [0.1, 0.15) is 71.2 Å². The molecule has 1 aromatic carbocycles. The molecule has 1 aromatic heterocycles. The Morgan fingerprint density at radius 2 is 1.50 bits per heavy atom. The van der Waals surface area contributed by atoms with E-state index in [1.54, 1.807) is 12.3 Å². The van der Waals surface area contributed by atoms with Crippen LogP contribution in [0.4, 0.5) is 0 Å². The second-order valence-corrected chi connectivity index (χ2v) is 13.5. The molecule has 0 fully saturated rings. The Morgan fingerprint density at radius 1 is 0.759 bits per heavy atom. The fourth-order valence-electron chi connectivity index (χ4n) is 5.75. The molecule has 0 saturated heterocycles. The standard InChI is InChI=1S/C45H53N.C11H11N/c1-10-14-16-18-26-38(8)45(44-31-22-21-30-42(44)35-36(5)6)40(12-3)32-33-43(13-4)46(39(9)27-17-15-11-2)34-24-23-29-41-28-20-19-25-37(41)7;1-3-10(2)7-8-11-6-4-5-9-12-11/h10-20,22-29,31-35H,5,9,21,30H2,1-4,6-8H3;3-9H,1-2H2/b14-10+,15-11-,18-16-,27-17-,29-23-,33-32-,34-24+,38-26+,40-12+,42-35+,43-13+,45-44+;8-7+. The monoisotopic (exact) mass is 765 g/mol. The first kappa shape index (κ1) is 47.6. The van der Waals surface area contributed by atoms with Crippen molar-refractivity contribution in [2.75, 3.05) is 0 Å². The van der Waals surface area contributed by atoms with Crippen molar-refractivity contribution in [1.82, 2.24) is 9.88 Å². The Balaban J connectivity index is 0.000000822. The van der Waals surface area contributed by atoms with Gasteiger partial charge in [0.05, 0.1) is 5.69 Å². The molecule has 0 spiro atoms. The van der Waals surface area contributed by atoms with Gasteiger partial charge in [-0.15, -0.1) is 0 Å². The molecule has 0 amide bonds. The third-order valence-electron chi connectivity index (χ3n) is 8.79. The van der Waals surface area contributed by atoms with Gasteiger partial charge in [0.2, 0.25) is 0 Å². The molecule has 3 rings (SSSR count). The van der Waals surface area contributed by atoms with Gasteiger partial charge in [-0.25, -0.2) is 0 Å². The number of hydrogen-bond acceptors (Lipinski definition) is 2. The van der Waals surface area contributed by atoms with Crippen LogP contribution in [-0.4, -0.2) is 9.88 Å². The van der Waals surface area contributed by atoms with E-state index in [2.05, 4.69) is 180 Å². The van der Waals surface area contributed by atoms with Gasteiger partial charge in [0.25, 0.3) is 0 Å². The lowest BCUT2D eigenvalue weighted by Gasteiger charge is -2.23. The Kier molecular flexibility index (Phi) is 23.0. The molecule has 0 aliphatic heterocycles. The first-order valence-corrected chi connectivity index (χ1v) is 19.9. The van der Waals surface area contributed by atoms with Crippen LogP contribution >= 0.6 is 0 Å². The highest BCUT2D eigenvalue weighted by Gasteiger charge is 2.16. The van der Waals surface area contributed by atoms with E-state index in [1.807, 2.05) is 80.7 Å². The highest BCUT2D eigenvalue weighted by atomic mass is 15.1. The third kappa shape index (κ3) is 17.5. The molecule has 0 bridgehead atoms. The Morgan fingerprint density at radius 3 is 2.16 bits per heavy atom. The van der Waals surface area contributed by atoms with Crippen molar-refractivity contribution in [2.24, 2.45) is 0 Å². The number of aromatic nitrogens is 1. The smallest absolute Gasteiger partial charge is 0.0629 e. The van der Waals surface area contributed by atoms with E-state index < -0.39 is 0 Å². The van der Waals surface area contributed by atoms with Gasteiger partial charge in [-0.3, -0.25) is 4.98 Å². The van der Waals surface area contributed by atoms with Crippen LogP contribution < -0.4 is 0 Å². The summed E-state index contributed by atoms with van der Waals surface area (Å²) in [5.74, 6) is 0. The number of hydrogen-bond donors (Lipinski definition) is 0. The minimum absolute atomic E-state index is 0.865. The number of rotatable bonds is 17. The van der Waals surface area contributed by atoms with Crippen molar-refractivity contribution in [3.8, 4) is 0 Å². The van der Waals surface area contributed by atoms with Crippen LogP contribution in [0.5, 0.6) is 0 Å². The van der Waals surface area contributed by atoms with E-state index in [-0.39, 0.29) is 0 Å². The molecule has 0 atom stereocenters. The molecule has 0 radical (unpaired) electrons. The summed E-state index contributed by atoms with van der Waals surface area (Å²) in [7, 11) is 0. The highest BCUT2D eigenvalue weighted by molar-refractivity contribution is 5.63. The molecule has 1 heterocycles. The zero-order chi connectivity index (χ0) is 42.5. The van der Waals surface area contributed by atoms with Crippen LogP contribution in [0.15, 0.2) is 253 Å². The largest absolute Gasteiger partial charge is 0.318 e. The van der Waals surface area contributed by atoms with Gasteiger partial charge < -0.3 is 4.90 Å². The van der Waals surface area contributed by atoms with Crippen molar-refractivity contribution in [1.29, 1.82) is 0 Å². The lowest BCUT2D eigenvalue weighted by Crippen LogP contribution is -2.13. The molecular weight excluding hydrogens is 701 g/mol. The zero-order valence-electron chi connectivity index (χ0n) is 36.0. The summed E-state index contributed by atoms with van der Waals surface area (Å²) >= 11 is 0. The van der Waals surface area contributed by atoms with Crippen LogP contribution in [-0.2, 0) is 0 Å². The first-order valence-electron chi connectivity index (χ1n) is 19.9. The van der Waals surface area contributed by atoms with Gasteiger partial charge in [0.1, 0.15) is 0 Å². The van der Waals surface area contributed by atoms with E-state index in [4.69, 9.17) is 0 Å². The average Bonchev–Trinajstić information content (AvgIpc) is 3.23. The maximum atomic E-state index is 4.40. The normalized spacial score (nSPS) is 15.9. The summed E-state index contributed by atoms with van der Waals surface area (Å²) in [6.07, 6.45) is 51.7. The second-order valence-electron chi connectivity index (χ2n) is 13.5. The molecule has 0 saturated carbocycles. The maximum Gasteiger partial charge on any atom is 0.0629 e. The van der Waals surface area contributed by atoms with Gasteiger partial charge in [-0.1, -0.05) is 172 Å². The molecule has 1 aliphatic carbocycles. The van der Waals surface area contributed by atoms with Crippen LogP contribution in [0.2, 0.25) is 0 Å². The average molecular weight is 765 g/mol. The minimum Gasteiger partial charge on any atom is -0.318 e. The molecule has 2 heteroatoms. The van der Waals surface area contributed by atoms with E-state index in [0.717, 1.165) is 46.6 Å². The minimum atomic E-state index is 0.865. The Labute approximate surface area is 351 Å². The third-order valence-corrected chi connectivity index (χ3v) is 8.79. The Bertz CT molecular complexity index is 2130. The summed E-state index contributed by atoms with van der Waals surface area (Å²) in [4.78, 5) is 6.24. The molecule has 2 nitrogen and oxygen atoms in total. The van der Waals surface area contributed by atoms with Crippen molar-refractivity contribution in [2.45, 2.75) is 61.3 Å². The molecule has 1 aliphatic rings. The van der Waals surface area contributed by atoms with E-state index >= 15 is 0 Å². The molecule has 0 N–H and O–H groups in total. The number of benzene rings is 1. The van der Waals surface area contributed by atoms with Gasteiger partial charge in [-0.2, -0.15) is 0 Å². The lowest BCUT2D eigenvalue weighted by atomic mass is 9.84. The second kappa shape index (κ2) is 28.0. The number of nitrogens with zero attached hydrogens (tertiary/aromatic N) is 2. The van der Waals surface area contributed by atoms with Crippen LogP contribution in [0, 0.1) is 6.92 Å². The summed E-state index contributed by atoms with van der Waals surface area (Å²) in [5.41, 5.74) is 13.4. The fourth-order valence-corrected chi connectivity index (χ4v) is 5.75. The topological polar surface area (TPSA) is 16.1 Å². The predicted octanol–water partition coefficient (Wildman–Crippen LogP) is 15.9. The summed E-state index contributed by atoms with van der Waals surface area (Å²) in [6, 6.07) is 14.2. The summed E-state index contributed by atoms with van der Waals surface area (Å²) in [6.45, 7) is 30.5. The summed E-state index contributed by atoms with van der Waals surface area (Å²) < 4.78 is 0. The zero-order valence-corrected chi connectivity index (χ0v) is 36.0. The van der Waals surface area contributed by atoms with Crippen molar-refractivity contribution in [3.63, 3.8) is 0 Å². The van der Waals surface area contributed by atoms with E-state index in [1.165, 1.54) is 33.4 Å². The molecule has 58 heavy (non-hydrogen) atoms. The molecule has 2 aromatic rings. The fraction of sp³-hybridized carbons (Fsp3) is 0.161. The number of aryl methyl sites for hydroxylation is 1. The van der Waals surface area contributed by atoms with Crippen molar-refractivity contribution >= 4 is 12.2 Å². The quantitative estimate of drug-likeness (QED) is 0.149. The molecular formula is C56H64N2. The van der Waals surface area contributed by atoms with Gasteiger partial charge >= 0.3 is 0 Å². The molecule has 298 valence electrons. The van der Waals surface area contributed by atoms with E-state index in [0.29, 0.717) is 0 Å². The van der Waals surface area contributed by atoms with Crippen LogP contribution in [0.3, 0.4) is 0 Å². The highest BCUT2D eigenvalue weighted by Crippen LogP contribution is 2.35. The Hall–Kier alpha value is -6.51. The number of pyridine rings is 1. The number of allylic oxidation sites excluding steroid dienone is 27. The van der Waals surface area contributed by atoms with Crippen LogP contribution in [0.25, 0.3) is 12.2 Å². The lowest BCUT2D eigenvalue weighted by molar-refractivity contribution is 0.614. The van der Waals surface area contributed by atoms with Crippen molar-refractivity contribution < 1.29 is 0 Å². The molecule has 0 unspecified atom stereocenters. The van der Waals surface area contributed by atoms with Gasteiger partial charge in [0, 0.05) is 23.8 Å². The SMILES string of the molecule is C=C(C)\C=C1/CCC=C/C1=C(C(/C)=C/C=C\C=C\C)\C(\C=C/C(=C\C)N(/C=C/C=C\c1ccccc1C)C(=C)/C=C\C=C/C)=C\C.C=CC(=C)/C=C/c1ccccn1. The first-order chi connectivity index (χ1) is 28.1. The predicted molar refractivity (Wildman–Crippen MR) is 260 cm³/mol. The van der Waals surface area contributed by atoms with Gasteiger partial charge in [-0.05, 0) is 142 Å². The van der Waals surface area contributed by atoms with E-state index in [9.17, 15) is 0 Å².